The number of fused-ring (bicyclic) bond motifs is 3. The molecule has 0 saturated heterocycles. The Bertz CT molecular complexity index is 923. The number of oxime groups is 1. The van der Waals surface area contributed by atoms with Crippen LogP contribution in [0.15, 0.2) is 17.3 Å². The SMILES string of the molecule is C#CCON=C(c1cc2c(cc1C(C)C)CC[C@H]1[C@](C)(C(=O)O)CCC[C@]21C)C(C)C. The van der Waals surface area contributed by atoms with Crippen molar-refractivity contribution in [2.24, 2.45) is 22.4 Å². The van der Waals surface area contributed by atoms with Crippen LogP contribution in [0.2, 0.25) is 0 Å². The number of carboxylic acid groups (broad SMARTS) is 1. The molecule has 4 heteroatoms. The fourth-order valence-corrected chi connectivity index (χ4v) is 6.10. The van der Waals surface area contributed by atoms with Gasteiger partial charge in [0.1, 0.15) is 0 Å². The van der Waals surface area contributed by atoms with Crippen LogP contribution in [-0.2, 0) is 21.5 Å². The fourth-order valence-electron chi connectivity index (χ4n) is 6.10. The molecule has 0 heterocycles. The lowest BCUT2D eigenvalue weighted by molar-refractivity contribution is -0.157. The summed E-state index contributed by atoms with van der Waals surface area (Å²) in [5, 5.41) is 14.5. The summed E-state index contributed by atoms with van der Waals surface area (Å²) in [6.45, 7) is 13.1. The van der Waals surface area contributed by atoms with Crippen molar-refractivity contribution in [2.45, 2.75) is 85.0 Å². The van der Waals surface area contributed by atoms with Gasteiger partial charge in [0.05, 0.1) is 11.1 Å². The first-order valence-corrected chi connectivity index (χ1v) is 11.6. The van der Waals surface area contributed by atoms with Crippen molar-refractivity contribution in [1.82, 2.24) is 0 Å². The summed E-state index contributed by atoms with van der Waals surface area (Å²) in [5.41, 5.74) is 5.15. The number of nitrogens with zero attached hydrogens (tertiary/aromatic N) is 1. The van der Waals surface area contributed by atoms with E-state index in [4.69, 9.17) is 11.3 Å². The summed E-state index contributed by atoms with van der Waals surface area (Å²) in [5.74, 6) is 2.48. The number of hydrogen-bond acceptors (Lipinski definition) is 3. The highest BCUT2D eigenvalue weighted by Crippen LogP contribution is 2.57. The van der Waals surface area contributed by atoms with Gasteiger partial charge in [-0.1, -0.05) is 58.2 Å². The molecular weight excluding hydrogens is 386 g/mol. The van der Waals surface area contributed by atoms with Gasteiger partial charge in [-0.3, -0.25) is 4.79 Å². The van der Waals surface area contributed by atoms with Crippen LogP contribution >= 0.6 is 0 Å². The second-order valence-corrected chi connectivity index (χ2v) is 10.4. The third-order valence-electron chi connectivity index (χ3n) is 7.77. The van der Waals surface area contributed by atoms with Crippen LogP contribution in [0.25, 0.3) is 0 Å². The van der Waals surface area contributed by atoms with Crippen molar-refractivity contribution in [1.29, 1.82) is 0 Å². The molecule has 3 atom stereocenters. The van der Waals surface area contributed by atoms with Gasteiger partial charge in [-0.25, -0.2) is 0 Å². The molecule has 2 aliphatic rings. The zero-order chi connectivity index (χ0) is 23.0. The predicted molar refractivity (Wildman–Crippen MR) is 125 cm³/mol. The average molecular weight is 424 g/mol. The predicted octanol–water partition coefficient (Wildman–Crippen LogP) is 5.91. The largest absolute Gasteiger partial charge is 0.481 e. The maximum atomic E-state index is 12.3. The summed E-state index contributed by atoms with van der Waals surface area (Å²) < 4.78 is 0. The summed E-state index contributed by atoms with van der Waals surface area (Å²) in [7, 11) is 0. The zero-order valence-electron chi connectivity index (χ0n) is 19.9. The van der Waals surface area contributed by atoms with Crippen LogP contribution in [-0.4, -0.2) is 23.4 Å². The van der Waals surface area contributed by atoms with E-state index in [-0.39, 0.29) is 23.9 Å². The Morgan fingerprint density at radius 1 is 1.29 bits per heavy atom. The minimum Gasteiger partial charge on any atom is -0.481 e. The molecule has 1 fully saturated rings. The van der Waals surface area contributed by atoms with Crippen LogP contribution in [0.1, 0.15) is 95.4 Å². The lowest BCUT2D eigenvalue weighted by Crippen LogP contribution is -2.52. The van der Waals surface area contributed by atoms with E-state index < -0.39 is 11.4 Å². The molecule has 0 bridgehead atoms. The third-order valence-corrected chi connectivity index (χ3v) is 7.77. The van der Waals surface area contributed by atoms with Gasteiger partial charge in [0.2, 0.25) is 0 Å². The summed E-state index contributed by atoms with van der Waals surface area (Å²) in [6, 6.07) is 4.66. The molecule has 2 aliphatic carbocycles. The first kappa shape index (κ1) is 23.4. The van der Waals surface area contributed by atoms with E-state index >= 15 is 0 Å². The van der Waals surface area contributed by atoms with Crippen molar-refractivity contribution >= 4 is 11.7 Å². The maximum Gasteiger partial charge on any atom is 0.309 e. The number of hydrogen-bond donors (Lipinski definition) is 1. The van der Waals surface area contributed by atoms with E-state index in [0.29, 0.717) is 5.92 Å². The van der Waals surface area contributed by atoms with Gasteiger partial charge in [0.15, 0.2) is 6.61 Å². The van der Waals surface area contributed by atoms with E-state index in [1.54, 1.807) is 0 Å². The molecule has 0 aromatic heterocycles. The van der Waals surface area contributed by atoms with Crippen molar-refractivity contribution < 1.29 is 14.7 Å². The Kier molecular flexibility index (Phi) is 6.56. The van der Waals surface area contributed by atoms with Crippen LogP contribution in [0, 0.1) is 29.6 Å². The summed E-state index contributed by atoms with van der Waals surface area (Å²) in [6.07, 6.45) is 9.93. The molecule has 0 spiro atoms. The highest BCUT2D eigenvalue weighted by Gasteiger charge is 2.55. The number of aryl methyl sites for hydroxylation is 1. The fraction of sp³-hybridized carbons (Fsp3) is 0.630. The van der Waals surface area contributed by atoms with Crippen molar-refractivity contribution in [3.05, 3.63) is 34.4 Å². The quantitative estimate of drug-likeness (QED) is 0.268. The lowest BCUT2D eigenvalue weighted by Gasteiger charge is -2.53. The molecule has 0 amide bonds. The smallest absolute Gasteiger partial charge is 0.309 e. The van der Waals surface area contributed by atoms with Gasteiger partial charge in [-0.15, -0.1) is 6.42 Å². The highest BCUT2D eigenvalue weighted by atomic mass is 16.6. The summed E-state index contributed by atoms with van der Waals surface area (Å²) in [4.78, 5) is 17.7. The topological polar surface area (TPSA) is 58.9 Å². The Hall–Kier alpha value is -2.28. The number of rotatable bonds is 6. The third kappa shape index (κ3) is 4.00. The number of benzene rings is 1. The van der Waals surface area contributed by atoms with E-state index in [9.17, 15) is 9.90 Å². The van der Waals surface area contributed by atoms with Crippen LogP contribution < -0.4 is 0 Å². The Morgan fingerprint density at radius 2 is 2.00 bits per heavy atom. The molecular formula is C27H37NO3. The lowest BCUT2D eigenvalue weighted by atomic mass is 9.49. The van der Waals surface area contributed by atoms with Crippen molar-refractivity contribution in [3.8, 4) is 12.3 Å². The average Bonchev–Trinajstić information content (AvgIpc) is 2.70. The van der Waals surface area contributed by atoms with Gasteiger partial charge in [-0.05, 0) is 78.5 Å². The molecule has 31 heavy (non-hydrogen) atoms. The van der Waals surface area contributed by atoms with E-state index in [2.05, 4.69) is 57.8 Å². The van der Waals surface area contributed by atoms with Gasteiger partial charge in [0.25, 0.3) is 0 Å². The molecule has 0 aliphatic heterocycles. The summed E-state index contributed by atoms with van der Waals surface area (Å²) >= 11 is 0. The molecule has 3 rings (SSSR count). The molecule has 1 aromatic carbocycles. The van der Waals surface area contributed by atoms with Gasteiger partial charge in [-0.2, -0.15) is 0 Å². The van der Waals surface area contributed by atoms with E-state index in [0.717, 1.165) is 43.4 Å². The Morgan fingerprint density at radius 3 is 2.58 bits per heavy atom. The van der Waals surface area contributed by atoms with Crippen molar-refractivity contribution in [2.75, 3.05) is 6.61 Å². The van der Waals surface area contributed by atoms with Gasteiger partial charge >= 0.3 is 5.97 Å². The first-order valence-electron chi connectivity index (χ1n) is 11.6. The zero-order valence-corrected chi connectivity index (χ0v) is 19.9. The molecule has 1 aromatic rings. The number of carboxylic acids is 1. The molecule has 1 N–H and O–H groups in total. The maximum absolute atomic E-state index is 12.3. The minimum atomic E-state index is -0.674. The Balaban J connectivity index is 2.20. The Labute approximate surface area is 187 Å². The molecule has 1 saturated carbocycles. The molecule has 0 radical (unpaired) electrons. The van der Waals surface area contributed by atoms with Crippen LogP contribution in [0.5, 0.6) is 0 Å². The van der Waals surface area contributed by atoms with Crippen LogP contribution in [0.4, 0.5) is 0 Å². The minimum absolute atomic E-state index is 0.133. The monoisotopic (exact) mass is 423 g/mol. The molecule has 168 valence electrons. The van der Waals surface area contributed by atoms with Crippen molar-refractivity contribution in [3.63, 3.8) is 0 Å². The van der Waals surface area contributed by atoms with Gasteiger partial charge < -0.3 is 9.94 Å². The standard InChI is InChI=1S/C27H37NO3/c1-8-14-31-28-24(18(4)5)21-16-22-19(15-20(21)17(2)3)10-11-23-26(22,6)12-9-13-27(23,7)25(29)30/h1,15-18,23H,9-14H2,2-7H3,(H,29,30)/t23-,26-,27-/m1/s1. The second kappa shape index (κ2) is 8.69. The second-order valence-electron chi connectivity index (χ2n) is 10.4. The van der Waals surface area contributed by atoms with E-state index in [1.165, 1.54) is 16.7 Å². The van der Waals surface area contributed by atoms with Crippen LogP contribution in [0.3, 0.4) is 0 Å². The number of carbonyl (C=O) groups is 1. The molecule has 0 unspecified atom stereocenters. The molecule has 4 nitrogen and oxygen atoms in total. The first-order chi connectivity index (χ1) is 14.6. The number of aliphatic carboxylic acids is 1. The normalized spacial score (nSPS) is 28.1. The van der Waals surface area contributed by atoms with Gasteiger partial charge in [0, 0.05) is 5.56 Å². The number of terminal acetylenes is 1. The van der Waals surface area contributed by atoms with E-state index in [1.807, 2.05) is 6.92 Å². The highest BCUT2D eigenvalue weighted by molar-refractivity contribution is 6.03.